The van der Waals surface area contributed by atoms with E-state index in [0.29, 0.717) is 18.4 Å². The number of aromatic nitrogens is 1. The molecule has 0 unspecified atom stereocenters. The maximum atomic E-state index is 11.0. The lowest BCUT2D eigenvalue weighted by Gasteiger charge is -2.27. The van der Waals surface area contributed by atoms with Crippen molar-refractivity contribution in [1.82, 2.24) is 4.98 Å². The first-order valence-corrected chi connectivity index (χ1v) is 9.73. The summed E-state index contributed by atoms with van der Waals surface area (Å²) in [6.07, 6.45) is 3.96. The molecule has 3 rings (SSSR count). The molecule has 1 saturated carbocycles. The second kappa shape index (κ2) is 8.19. The Hall–Kier alpha value is -2.60. The molecule has 0 radical (unpaired) electrons. The molecule has 6 nitrogen and oxygen atoms in total. The monoisotopic (exact) mass is 383 g/mol. The Morgan fingerprint density at radius 1 is 1.25 bits per heavy atom. The van der Waals surface area contributed by atoms with Crippen molar-refractivity contribution in [2.24, 2.45) is 17.4 Å². The molecule has 150 valence electrons. The molecule has 28 heavy (non-hydrogen) atoms. The molecule has 2 aromatic rings. The highest BCUT2D eigenvalue weighted by molar-refractivity contribution is 5.70. The summed E-state index contributed by atoms with van der Waals surface area (Å²) < 4.78 is 11.0. The maximum Gasteiger partial charge on any atom is 0.411 e. The third kappa shape index (κ3) is 5.45. The Morgan fingerprint density at radius 3 is 2.61 bits per heavy atom. The van der Waals surface area contributed by atoms with Crippen LogP contribution in [0.3, 0.4) is 0 Å². The number of rotatable bonds is 8. The molecular weight excluding hydrogens is 354 g/mol. The SMILES string of the molecule is CC(C)C[C@](C)(N)COc1ccc(-c2ccnc(OC(N)=O)c2)cc1C1CC1. The van der Waals surface area contributed by atoms with Crippen LogP contribution < -0.4 is 20.9 Å². The number of carbonyl (C=O) groups is 1. The zero-order valence-electron chi connectivity index (χ0n) is 16.8. The largest absolute Gasteiger partial charge is 0.491 e. The highest BCUT2D eigenvalue weighted by atomic mass is 16.6. The van der Waals surface area contributed by atoms with Crippen LogP contribution in [0, 0.1) is 5.92 Å². The number of hydrogen-bond donors (Lipinski definition) is 2. The van der Waals surface area contributed by atoms with E-state index in [1.54, 1.807) is 12.3 Å². The molecule has 1 aliphatic carbocycles. The molecule has 0 bridgehead atoms. The summed E-state index contributed by atoms with van der Waals surface area (Å²) in [5, 5.41) is 0. The molecule has 1 aromatic heterocycles. The Labute approximate surface area is 166 Å². The minimum Gasteiger partial charge on any atom is -0.491 e. The smallest absolute Gasteiger partial charge is 0.411 e. The summed E-state index contributed by atoms with van der Waals surface area (Å²) in [4.78, 5) is 15.0. The molecule has 0 spiro atoms. The van der Waals surface area contributed by atoms with E-state index < -0.39 is 6.09 Å². The summed E-state index contributed by atoms with van der Waals surface area (Å²) >= 11 is 0. The standard InChI is InChI=1S/C22H29N3O3/c1-14(2)12-22(3,24)13-27-19-7-6-16(10-18(19)15-4-5-15)17-8-9-25-20(11-17)28-21(23)26/h6-11,14-15H,4-5,12-13,24H2,1-3H3,(H2,23,26)/t22-/m0/s1. The minimum absolute atomic E-state index is 0.186. The second-order valence-electron chi connectivity index (χ2n) is 8.37. The first kappa shape index (κ1) is 20.1. The normalized spacial score (nSPS) is 15.9. The molecule has 1 aliphatic rings. The number of hydrogen-bond acceptors (Lipinski definition) is 5. The van der Waals surface area contributed by atoms with Gasteiger partial charge in [0.25, 0.3) is 0 Å². The van der Waals surface area contributed by atoms with E-state index in [2.05, 4.69) is 24.9 Å². The number of ether oxygens (including phenoxy) is 2. The van der Waals surface area contributed by atoms with Gasteiger partial charge in [-0.25, -0.2) is 9.78 Å². The molecule has 1 heterocycles. The first-order chi connectivity index (χ1) is 13.2. The number of amides is 1. The van der Waals surface area contributed by atoms with E-state index in [0.717, 1.165) is 36.1 Å². The number of primary amides is 1. The zero-order valence-corrected chi connectivity index (χ0v) is 16.8. The number of nitrogens with zero attached hydrogens (tertiary/aromatic N) is 1. The fourth-order valence-corrected chi connectivity index (χ4v) is 3.55. The van der Waals surface area contributed by atoms with Crippen LogP contribution in [0.2, 0.25) is 0 Å². The van der Waals surface area contributed by atoms with Gasteiger partial charge in [-0.1, -0.05) is 19.9 Å². The van der Waals surface area contributed by atoms with Gasteiger partial charge < -0.3 is 20.9 Å². The lowest BCUT2D eigenvalue weighted by molar-refractivity contribution is 0.205. The highest BCUT2D eigenvalue weighted by Gasteiger charge is 2.28. The van der Waals surface area contributed by atoms with E-state index >= 15 is 0 Å². The summed E-state index contributed by atoms with van der Waals surface area (Å²) in [5.74, 6) is 2.12. The van der Waals surface area contributed by atoms with E-state index in [1.165, 1.54) is 5.56 Å². The molecule has 1 amide bonds. The van der Waals surface area contributed by atoms with E-state index in [1.807, 2.05) is 25.1 Å². The van der Waals surface area contributed by atoms with Crippen molar-refractivity contribution in [2.45, 2.75) is 51.5 Å². The lowest BCUT2D eigenvalue weighted by Crippen LogP contribution is -2.43. The van der Waals surface area contributed by atoms with Crippen molar-refractivity contribution >= 4 is 6.09 Å². The Morgan fingerprint density at radius 2 is 1.96 bits per heavy atom. The number of pyridine rings is 1. The summed E-state index contributed by atoms with van der Waals surface area (Å²) in [7, 11) is 0. The predicted molar refractivity (Wildman–Crippen MR) is 109 cm³/mol. The van der Waals surface area contributed by atoms with E-state index in [4.69, 9.17) is 20.9 Å². The van der Waals surface area contributed by atoms with Crippen LogP contribution in [0.15, 0.2) is 36.5 Å². The molecule has 6 heteroatoms. The molecule has 0 aliphatic heterocycles. The van der Waals surface area contributed by atoms with Gasteiger partial charge in [-0.3, -0.25) is 0 Å². The van der Waals surface area contributed by atoms with Gasteiger partial charge in [-0.15, -0.1) is 0 Å². The number of carbonyl (C=O) groups excluding carboxylic acids is 1. The number of benzene rings is 1. The molecule has 1 aromatic carbocycles. The van der Waals surface area contributed by atoms with E-state index in [-0.39, 0.29) is 11.4 Å². The average molecular weight is 383 g/mol. The highest BCUT2D eigenvalue weighted by Crippen LogP contribution is 2.45. The van der Waals surface area contributed by atoms with Crippen LogP contribution in [0.4, 0.5) is 4.79 Å². The van der Waals surface area contributed by atoms with Crippen molar-refractivity contribution in [3.05, 3.63) is 42.1 Å². The van der Waals surface area contributed by atoms with Gasteiger partial charge in [0.2, 0.25) is 5.88 Å². The Balaban J connectivity index is 1.81. The van der Waals surface area contributed by atoms with Crippen molar-refractivity contribution in [1.29, 1.82) is 0 Å². The first-order valence-electron chi connectivity index (χ1n) is 9.73. The maximum absolute atomic E-state index is 11.0. The van der Waals surface area contributed by atoms with Crippen molar-refractivity contribution in [3.63, 3.8) is 0 Å². The van der Waals surface area contributed by atoms with Crippen molar-refractivity contribution in [2.75, 3.05) is 6.61 Å². The molecule has 1 atom stereocenters. The van der Waals surface area contributed by atoms with Gasteiger partial charge in [-0.05, 0) is 72.9 Å². The predicted octanol–water partition coefficient (Wildman–Crippen LogP) is 4.23. The molecule has 1 fully saturated rings. The number of nitrogens with two attached hydrogens (primary N) is 2. The Kier molecular flexibility index (Phi) is 5.89. The average Bonchev–Trinajstić information content (AvgIpc) is 3.43. The van der Waals surface area contributed by atoms with Crippen molar-refractivity contribution in [3.8, 4) is 22.8 Å². The van der Waals surface area contributed by atoms with Gasteiger partial charge >= 0.3 is 6.09 Å². The van der Waals surface area contributed by atoms with Crippen LogP contribution in [0.25, 0.3) is 11.1 Å². The summed E-state index contributed by atoms with van der Waals surface area (Å²) in [6.45, 7) is 6.85. The lowest BCUT2D eigenvalue weighted by atomic mass is 9.92. The Bertz CT molecular complexity index is 845. The summed E-state index contributed by atoms with van der Waals surface area (Å²) in [5.41, 5.74) is 14.2. The summed E-state index contributed by atoms with van der Waals surface area (Å²) in [6, 6.07) is 9.73. The molecule has 4 N–H and O–H groups in total. The van der Waals surface area contributed by atoms with E-state index in [9.17, 15) is 4.79 Å². The second-order valence-corrected chi connectivity index (χ2v) is 8.37. The fraction of sp³-hybridized carbons (Fsp3) is 0.455. The van der Waals surface area contributed by atoms with Crippen molar-refractivity contribution < 1.29 is 14.3 Å². The van der Waals surface area contributed by atoms with Gasteiger partial charge in [0.15, 0.2) is 0 Å². The van der Waals surface area contributed by atoms with Crippen LogP contribution in [0.5, 0.6) is 11.6 Å². The topological polar surface area (TPSA) is 100 Å². The van der Waals surface area contributed by atoms with Gasteiger partial charge in [0.05, 0.1) is 0 Å². The minimum atomic E-state index is -0.877. The van der Waals surface area contributed by atoms with Crippen LogP contribution in [-0.4, -0.2) is 23.2 Å². The van der Waals surface area contributed by atoms with Gasteiger partial charge in [0, 0.05) is 17.8 Å². The molecule has 0 saturated heterocycles. The van der Waals surface area contributed by atoms with Crippen LogP contribution in [0.1, 0.15) is 51.5 Å². The molecular formula is C22H29N3O3. The fourth-order valence-electron chi connectivity index (χ4n) is 3.55. The third-order valence-corrected chi connectivity index (χ3v) is 4.73. The van der Waals surface area contributed by atoms with Crippen LogP contribution in [-0.2, 0) is 0 Å². The quantitative estimate of drug-likeness (QED) is 0.710. The van der Waals surface area contributed by atoms with Gasteiger partial charge in [-0.2, -0.15) is 0 Å². The third-order valence-electron chi connectivity index (χ3n) is 4.73. The van der Waals surface area contributed by atoms with Gasteiger partial charge in [0.1, 0.15) is 12.4 Å². The zero-order chi connectivity index (χ0) is 20.3. The van der Waals surface area contributed by atoms with Crippen LogP contribution >= 0.6 is 0 Å².